The van der Waals surface area contributed by atoms with Crippen LogP contribution in [-0.2, 0) is 9.53 Å². The average molecular weight is 128 g/mol. The lowest BCUT2D eigenvalue weighted by atomic mass is 10.2. The molecule has 0 atom stereocenters. The Hall–Kier alpha value is -0.830. The Morgan fingerprint density at radius 2 is 2.56 bits per heavy atom. The van der Waals surface area contributed by atoms with E-state index in [-0.39, 0.29) is 19.0 Å². The van der Waals surface area contributed by atoms with Crippen LogP contribution in [0.4, 0.5) is 0 Å². The van der Waals surface area contributed by atoms with E-state index in [1.54, 1.807) is 6.08 Å². The van der Waals surface area contributed by atoms with Crippen molar-refractivity contribution >= 4 is 5.78 Å². The van der Waals surface area contributed by atoms with Crippen molar-refractivity contribution in [3.05, 3.63) is 11.8 Å². The van der Waals surface area contributed by atoms with Gasteiger partial charge in [0.05, 0.1) is 0 Å². The first-order valence-electron chi connectivity index (χ1n) is 2.77. The molecule has 0 aromatic carbocycles. The number of Topliss-reactive ketones (excluding diaryl/α,β-unsaturated/α-hetero) is 1. The van der Waals surface area contributed by atoms with Gasteiger partial charge in [0.2, 0.25) is 0 Å². The number of hydrogen-bond donors (Lipinski definition) is 1. The molecule has 0 spiro atoms. The summed E-state index contributed by atoms with van der Waals surface area (Å²) >= 11 is 0. The molecule has 9 heavy (non-hydrogen) atoms. The standard InChI is InChI=1S/C6H8O3/c7-3-6-2-1-5(8)4-9-6/h2,7H,1,3-4H2. The Kier molecular flexibility index (Phi) is 1.85. The van der Waals surface area contributed by atoms with E-state index < -0.39 is 0 Å². The van der Waals surface area contributed by atoms with Crippen LogP contribution < -0.4 is 0 Å². The van der Waals surface area contributed by atoms with E-state index in [4.69, 9.17) is 9.84 Å². The third kappa shape index (κ3) is 1.54. The summed E-state index contributed by atoms with van der Waals surface area (Å²) in [6.07, 6.45) is 2.00. The molecule has 3 nitrogen and oxygen atoms in total. The molecule has 50 valence electrons. The largest absolute Gasteiger partial charge is 0.488 e. The third-order valence-corrected chi connectivity index (χ3v) is 1.13. The second-order valence-corrected chi connectivity index (χ2v) is 1.86. The van der Waals surface area contributed by atoms with Gasteiger partial charge in [0.1, 0.15) is 19.0 Å². The highest BCUT2D eigenvalue weighted by molar-refractivity contribution is 5.82. The van der Waals surface area contributed by atoms with E-state index in [1.807, 2.05) is 0 Å². The van der Waals surface area contributed by atoms with Crippen LogP contribution in [0.25, 0.3) is 0 Å². The Balaban J connectivity index is 2.50. The number of allylic oxidation sites excluding steroid dienone is 1. The molecule has 1 heterocycles. The van der Waals surface area contributed by atoms with Gasteiger partial charge in [-0.25, -0.2) is 0 Å². The second kappa shape index (κ2) is 2.64. The minimum absolute atomic E-state index is 0.0622. The van der Waals surface area contributed by atoms with Crippen LogP contribution in [0, 0.1) is 0 Å². The van der Waals surface area contributed by atoms with Crippen molar-refractivity contribution in [2.75, 3.05) is 13.2 Å². The van der Waals surface area contributed by atoms with E-state index in [9.17, 15) is 4.79 Å². The molecule has 0 saturated heterocycles. The molecule has 0 unspecified atom stereocenters. The minimum Gasteiger partial charge on any atom is -0.488 e. The lowest BCUT2D eigenvalue weighted by molar-refractivity contribution is -0.122. The zero-order valence-corrected chi connectivity index (χ0v) is 4.96. The van der Waals surface area contributed by atoms with Crippen molar-refractivity contribution < 1.29 is 14.6 Å². The fourth-order valence-corrected chi connectivity index (χ4v) is 0.629. The molecule has 0 aliphatic carbocycles. The molecule has 1 aliphatic heterocycles. The van der Waals surface area contributed by atoms with E-state index in [0.29, 0.717) is 12.2 Å². The molecular formula is C6H8O3. The predicted molar refractivity (Wildman–Crippen MR) is 30.7 cm³/mol. The molecule has 0 aromatic rings. The summed E-state index contributed by atoms with van der Waals surface area (Å²) in [5, 5.41) is 8.47. The Labute approximate surface area is 52.9 Å². The van der Waals surface area contributed by atoms with Crippen LogP contribution in [0.3, 0.4) is 0 Å². The topological polar surface area (TPSA) is 46.5 Å². The van der Waals surface area contributed by atoms with E-state index in [2.05, 4.69) is 0 Å². The molecule has 0 saturated carbocycles. The van der Waals surface area contributed by atoms with Crippen LogP contribution in [0.1, 0.15) is 6.42 Å². The van der Waals surface area contributed by atoms with Crippen LogP contribution >= 0.6 is 0 Å². The first kappa shape index (κ1) is 6.29. The highest BCUT2D eigenvalue weighted by atomic mass is 16.5. The summed E-state index contributed by atoms with van der Waals surface area (Å²) in [5.74, 6) is 0.571. The molecule has 1 N–H and O–H groups in total. The number of carbonyl (C=O) groups is 1. The molecular weight excluding hydrogens is 120 g/mol. The number of aliphatic hydroxyl groups excluding tert-OH is 1. The first-order valence-corrected chi connectivity index (χ1v) is 2.77. The van der Waals surface area contributed by atoms with Crippen LogP contribution in [-0.4, -0.2) is 24.1 Å². The van der Waals surface area contributed by atoms with Crippen molar-refractivity contribution in [2.24, 2.45) is 0 Å². The summed E-state index contributed by atoms with van der Waals surface area (Å²) < 4.78 is 4.80. The molecule has 0 bridgehead atoms. The number of ketones is 1. The maximum absolute atomic E-state index is 10.5. The normalized spacial score (nSPS) is 18.8. The summed E-state index contributed by atoms with van der Waals surface area (Å²) in [6.45, 7) is 0.0136. The maximum Gasteiger partial charge on any atom is 0.174 e. The zero-order chi connectivity index (χ0) is 6.69. The van der Waals surface area contributed by atoms with Crippen molar-refractivity contribution in [3.8, 4) is 0 Å². The molecule has 1 aliphatic rings. The third-order valence-electron chi connectivity index (χ3n) is 1.13. The fourth-order valence-electron chi connectivity index (χ4n) is 0.629. The maximum atomic E-state index is 10.5. The minimum atomic E-state index is -0.104. The van der Waals surface area contributed by atoms with Crippen LogP contribution in [0.15, 0.2) is 11.8 Å². The number of hydrogen-bond acceptors (Lipinski definition) is 3. The first-order chi connectivity index (χ1) is 4.33. The van der Waals surface area contributed by atoms with Gasteiger partial charge in [-0.15, -0.1) is 0 Å². The highest BCUT2D eigenvalue weighted by Gasteiger charge is 2.08. The lowest BCUT2D eigenvalue weighted by Crippen LogP contribution is -2.14. The number of aliphatic hydroxyl groups is 1. The van der Waals surface area contributed by atoms with Crippen molar-refractivity contribution in [2.45, 2.75) is 6.42 Å². The van der Waals surface area contributed by atoms with Crippen molar-refractivity contribution in [1.29, 1.82) is 0 Å². The number of rotatable bonds is 1. The molecule has 0 fully saturated rings. The van der Waals surface area contributed by atoms with Gasteiger partial charge < -0.3 is 9.84 Å². The van der Waals surface area contributed by atoms with Gasteiger partial charge in [-0.05, 0) is 6.08 Å². The van der Waals surface area contributed by atoms with Crippen LogP contribution in [0.5, 0.6) is 0 Å². The van der Waals surface area contributed by atoms with Crippen molar-refractivity contribution in [3.63, 3.8) is 0 Å². The lowest BCUT2D eigenvalue weighted by Gasteiger charge is -2.10. The van der Waals surface area contributed by atoms with Gasteiger partial charge in [0.25, 0.3) is 0 Å². The monoisotopic (exact) mass is 128 g/mol. The zero-order valence-electron chi connectivity index (χ0n) is 4.96. The quantitative estimate of drug-likeness (QED) is 0.534. The number of carbonyl (C=O) groups excluding carboxylic acids is 1. The molecule has 0 radical (unpaired) electrons. The molecule has 0 aromatic heterocycles. The average Bonchev–Trinajstić information content (AvgIpc) is 1.90. The number of ether oxygens (including phenoxy) is 1. The summed E-state index contributed by atoms with van der Waals surface area (Å²) in [4.78, 5) is 10.5. The Morgan fingerprint density at radius 3 is 3.00 bits per heavy atom. The smallest absolute Gasteiger partial charge is 0.174 e. The molecule has 1 rings (SSSR count). The highest BCUT2D eigenvalue weighted by Crippen LogP contribution is 2.05. The van der Waals surface area contributed by atoms with E-state index in [1.165, 1.54) is 0 Å². The molecule has 0 amide bonds. The van der Waals surface area contributed by atoms with Gasteiger partial charge >= 0.3 is 0 Å². The van der Waals surface area contributed by atoms with E-state index >= 15 is 0 Å². The van der Waals surface area contributed by atoms with Gasteiger partial charge in [0, 0.05) is 6.42 Å². The molecule has 3 heteroatoms. The SMILES string of the molecule is O=C1CC=C(CO)OC1. The predicted octanol–water partition coefficient (Wildman–Crippen LogP) is -0.148. The second-order valence-electron chi connectivity index (χ2n) is 1.86. The van der Waals surface area contributed by atoms with Gasteiger partial charge in [-0.3, -0.25) is 4.79 Å². The van der Waals surface area contributed by atoms with Gasteiger partial charge in [-0.2, -0.15) is 0 Å². The van der Waals surface area contributed by atoms with Gasteiger partial charge in [0.15, 0.2) is 5.78 Å². The fraction of sp³-hybridized carbons (Fsp3) is 0.500. The van der Waals surface area contributed by atoms with Crippen molar-refractivity contribution in [1.82, 2.24) is 0 Å². The van der Waals surface area contributed by atoms with Gasteiger partial charge in [-0.1, -0.05) is 0 Å². The summed E-state index contributed by atoms with van der Waals surface area (Å²) in [6, 6.07) is 0. The van der Waals surface area contributed by atoms with Crippen LogP contribution in [0.2, 0.25) is 0 Å². The summed E-state index contributed by atoms with van der Waals surface area (Å²) in [5.41, 5.74) is 0. The Bertz CT molecular complexity index is 148. The summed E-state index contributed by atoms with van der Waals surface area (Å²) in [7, 11) is 0. The Morgan fingerprint density at radius 1 is 1.78 bits per heavy atom. The van der Waals surface area contributed by atoms with E-state index in [0.717, 1.165) is 0 Å².